The summed E-state index contributed by atoms with van der Waals surface area (Å²) in [5.74, 6) is -0.0744. The Morgan fingerprint density at radius 1 is 1.44 bits per heavy atom. The molecule has 1 aromatic carbocycles. The van der Waals surface area contributed by atoms with Gasteiger partial charge >= 0.3 is 0 Å². The largest absolute Gasteiger partial charge is 0.337 e. The lowest BCUT2D eigenvalue weighted by molar-refractivity contribution is -0.121. The third kappa shape index (κ3) is 3.39. The van der Waals surface area contributed by atoms with E-state index in [1.807, 2.05) is 38.1 Å². The highest BCUT2D eigenvalue weighted by Crippen LogP contribution is 2.13. The molecule has 0 aromatic heterocycles. The molecule has 0 radical (unpaired) electrons. The molecule has 0 aliphatic rings. The van der Waals surface area contributed by atoms with Crippen LogP contribution in [0.15, 0.2) is 24.3 Å². The number of hydrogen-bond donors (Lipinski definition) is 1. The van der Waals surface area contributed by atoms with Crippen LogP contribution >= 0.6 is 0 Å². The first-order valence-corrected chi connectivity index (χ1v) is 5.43. The molecule has 0 spiro atoms. The van der Waals surface area contributed by atoms with Crippen molar-refractivity contribution >= 4 is 5.91 Å². The molecule has 84 valence electrons. The molecule has 0 saturated carbocycles. The second kappa shape index (κ2) is 5.92. The topological polar surface area (TPSA) is 52.9 Å². The Morgan fingerprint density at radius 2 is 2.06 bits per heavy atom. The lowest BCUT2D eigenvalue weighted by atomic mass is 10.1. The van der Waals surface area contributed by atoms with Gasteiger partial charge in [-0.1, -0.05) is 36.8 Å². The maximum absolute atomic E-state index is 11.4. The first kappa shape index (κ1) is 12.3. The predicted molar refractivity (Wildman–Crippen MR) is 62.6 cm³/mol. The van der Waals surface area contributed by atoms with Gasteiger partial charge in [0.15, 0.2) is 0 Å². The number of benzene rings is 1. The monoisotopic (exact) mass is 216 g/mol. The highest BCUT2D eigenvalue weighted by Gasteiger charge is 2.12. The Bertz CT molecular complexity index is 389. The maximum atomic E-state index is 11.4. The van der Waals surface area contributed by atoms with Crippen LogP contribution in [0.4, 0.5) is 0 Å². The highest BCUT2D eigenvalue weighted by molar-refractivity contribution is 5.76. The van der Waals surface area contributed by atoms with Crippen LogP contribution in [0, 0.1) is 18.3 Å². The first-order valence-electron chi connectivity index (χ1n) is 5.43. The molecule has 16 heavy (non-hydrogen) atoms. The minimum Gasteiger partial charge on any atom is -0.337 e. The third-order valence-corrected chi connectivity index (χ3v) is 2.32. The summed E-state index contributed by atoms with van der Waals surface area (Å²) in [6.07, 6.45) is 1.25. The number of nitrogens with zero attached hydrogens (tertiary/aromatic N) is 1. The Labute approximate surface area is 96.1 Å². The molecule has 1 amide bonds. The molecule has 1 rings (SSSR count). The summed E-state index contributed by atoms with van der Waals surface area (Å²) in [6, 6.07) is 9.17. The van der Waals surface area contributed by atoms with Crippen molar-refractivity contribution in [1.82, 2.24) is 5.32 Å². The highest BCUT2D eigenvalue weighted by atomic mass is 16.1. The van der Waals surface area contributed by atoms with Crippen LogP contribution in [0.25, 0.3) is 0 Å². The molecule has 1 aromatic rings. The van der Waals surface area contributed by atoms with Gasteiger partial charge in [0.05, 0.1) is 6.07 Å². The van der Waals surface area contributed by atoms with Crippen LogP contribution in [0.2, 0.25) is 0 Å². The number of nitrogens with one attached hydrogen (secondary N) is 1. The molecule has 0 bridgehead atoms. The Hall–Kier alpha value is -1.82. The van der Waals surface area contributed by atoms with Crippen LogP contribution in [0.5, 0.6) is 0 Å². The van der Waals surface area contributed by atoms with Gasteiger partial charge in [0.1, 0.15) is 6.04 Å². The summed E-state index contributed by atoms with van der Waals surface area (Å²) >= 11 is 0. The number of carbonyl (C=O) groups is 1. The van der Waals surface area contributed by atoms with Crippen molar-refractivity contribution in [1.29, 1.82) is 5.26 Å². The fourth-order valence-corrected chi connectivity index (χ4v) is 1.41. The van der Waals surface area contributed by atoms with E-state index in [0.29, 0.717) is 6.42 Å². The number of amides is 1. The van der Waals surface area contributed by atoms with Gasteiger partial charge in [-0.2, -0.15) is 5.26 Å². The Kier molecular flexibility index (Phi) is 4.53. The molecular formula is C13H16N2O. The number of carbonyl (C=O) groups excluding carboxylic acids is 1. The van der Waals surface area contributed by atoms with E-state index >= 15 is 0 Å². The predicted octanol–water partition coefficient (Wildman–Crippen LogP) is 2.48. The fraction of sp³-hybridized carbons (Fsp3) is 0.385. The van der Waals surface area contributed by atoms with Crippen molar-refractivity contribution in [2.24, 2.45) is 0 Å². The molecule has 1 unspecified atom stereocenters. The zero-order chi connectivity index (χ0) is 12.0. The Balaban J connectivity index is 2.72. The lowest BCUT2D eigenvalue weighted by Gasteiger charge is -2.11. The summed E-state index contributed by atoms with van der Waals surface area (Å²) < 4.78 is 0. The van der Waals surface area contributed by atoms with Crippen LogP contribution < -0.4 is 5.32 Å². The van der Waals surface area contributed by atoms with Crippen LogP contribution in [-0.2, 0) is 4.79 Å². The standard InChI is InChI=1S/C13H16N2O/c1-3-4-13(16)15-12(9-14)11-7-5-10(2)6-8-11/h5-8,12H,3-4H2,1-2H3,(H,15,16). The summed E-state index contributed by atoms with van der Waals surface area (Å²) in [4.78, 5) is 11.4. The normalized spacial score (nSPS) is 11.6. The zero-order valence-corrected chi connectivity index (χ0v) is 9.66. The van der Waals surface area contributed by atoms with Crippen LogP contribution in [-0.4, -0.2) is 5.91 Å². The van der Waals surface area contributed by atoms with Crippen molar-refractivity contribution in [3.8, 4) is 6.07 Å². The maximum Gasteiger partial charge on any atom is 0.221 e. The van der Waals surface area contributed by atoms with E-state index in [2.05, 4.69) is 11.4 Å². The van der Waals surface area contributed by atoms with Gasteiger partial charge in [0, 0.05) is 6.42 Å². The quantitative estimate of drug-likeness (QED) is 0.840. The molecule has 1 atom stereocenters. The van der Waals surface area contributed by atoms with Gasteiger partial charge in [0.25, 0.3) is 0 Å². The molecule has 0 aliphatic heterocycles. The number of hydrogen-bond acceptors (Lipinski definition) is 2. The smallest absolute Gasteiger partial charge is 0.221 e. The second-order valence-corrected chi connectivity index (χ2v) is 3.79. The SMILES string of the molecule is CCCC(=O)NC(C#N)c1ccc(C)cc1. The van der Waals surface area contributed by atoms with Crippen molar-refractivity contribution in [2.45, 2.75) is 32.7 Å². The van der Waals surface area contributed by atoms with Gasteiger partial charge in [-0.15, -0.1) is 0 Å². The lowest BCUT2D eigenvalue weighted by Crippen LogP contribution is -2.27. The van der Waals surface area contributed by atoms with Crippen molar-refractivity contribution in [3.05, 3.63) is 35.4 Å². The number of nitriles is 1. The van der Waals surface area contributed by atoms with Crippen molar-refractivity contribution in [3.63, 3.8) is 0 Å². The Morgan fingerprint density at radius 3 is 2.56 bits per heavy atom. The van der Waals surface area contributed by atoms with E-state index in [4.69, 9.17) is 5.26 Å². The van der Waals surface area contributed by atoms with Gasteiger partial charge in [-0.3, -0.25) is 4.79 Å². The van der Waals surface area contributed by atoms with Gasteiger partial charge < -0.3 is 5.32 Å². The van der Waals surface area contributed by atoms with Crippen molar-refractivity contribution in [2.75, 3.05) is 0 Å². The third-order valence-electron chi connectivity index (χ3n) is 2.32. The summed E-state index contributed by atoms with van der Waals surface area (Å²) in [7, 11) is 0. The van der Waals surface area contributed by atoms with Crippen molar-refractivity contribution < 1.29 is 4.79 Å². The van der Waals surface area contributed by atoms with E-state index in [9.17, 15) is 4.79 Å². The van der Waals surface area contributed by atoms with E-state index in [1.165, 1.54) is 0 Å². The van der Waals surface area contributed by atoms with Crippen LogP contribution in [0.1, 0.15) is 36.9 Å². The van der Waals surface area contributed by atoms with Gasteiger partial charge in [-0.05, 0) is 18.9 Å². The first-order chi connectivity index (χ1) is 7.67. The van der Waals surface area contributed by atoms with Gasteiger partial charge in [-0.25, -0.2) is 0 Å². The summed E-state index contributed by atoms with van der Waals surface area (Å²) in [6.45, 7) is 3.92. The van der Waals surface area contributed by atoms with E-state index in [1.54, 1.807) is 0 Å². The molecule has 0 saturated heterocycles. The van der Waals surface area contributed by atoms with E-state index in [-0.39, 0.29) is 5.91 Å². The second-order valence-electron chi connectivity index (χ2n) is 3.79. The molecule has 0 heterocycles. The molecule has 3 heteroatoms. The average Bonchev–Trinajstić information content (AvgIpc) is 2.27. The minimum absolute atomic E-state index is 0.0744. The molecule has 1 N–H and O–H groups in total. The molecular weight excluding hydrogens is 200 g/mol. The molecule has 3 nitrogen and oxygen atoms in total. The van der Waals surface area contributed by atoms with Gasteiger partial charge in [0.2, 0.25) is 5.91 Å². The average molecular weight is 216 g/mol. The summed E-state index contributed by atoms with van der Waals surface area (Å²) in [5, 5.41) is 11.7. The van der Waals surface area contributed by atoms with E-state index < -0.39 is 6.04 Å². The fourth-order valence-electron chi connectivity index (χ4n) is 1.41. The minimum atomic E-state index is -0.542. The zero-order valence-electron chi connectivity index (χ0n) is 9.66. The molecule has 0 fully saturated rings. The van der Waals surface area contributed by atoms with E-state index in [0.717, 1.165) is 17.5 Å². The molecule has 0 aliphatic carbocycles. The van der Waals surface area contributed by atoms with Crippen LogP contribution in [0.3, 0.4) is 0 Å². The number of aryl methyl sites for hydroxylation is 1. The summed E-state index contributed by atoms with van der Waals surface area (Å²) in [5.41, 5.74) is 1.97. The number of rotatable bonds is 4.